The highest BCUT2D eigenvalue weighted by Gasteiger charge is 2.35. The number of benzene rings is 9. The van der Waals surface area contributed by atoms with E-state index in [0.717, 1.165) is 76.3 Å². The van der Waals surface area contributed by atoms with Crippen LogP contribution >= 0.6 is 0 Å². The van der Waals surface area contributed by atoms with Crippen LogP contribution in [0.1, 0.15) is 30.5 Å². The molecule has 0 saturated heterocycles. The molecular weight excluding hydrogens is 717 g/mol. The molecule has 12 rings (SSSR count). The first-order chi connectivity index (χ1) is 28.9. The average molecular weight is 751 g/mol. The van der Waals surface area contributed by atoms with Gasteiger partial charge in [0.2, 0.25) is 5.69 Å². The van der Waals surface area contributed by atoms with E-state index in [-0.39, 0.29) is 5.41 Å². The van der Waals surface area contributed by atoms with Crippen molar-refractivity contribution >= 4 is 70.8 Å². The Hall–Kier alpha value is -7.92. The van der Waals surface area contributed by atoms with Crippen molar-refractivity contribution in [2.75, 3.05) is 0 Å². The highest BCUT2D eigenvalue weighted by Crippen LogP contribution is 2.50. The monoisotopic (exact) mass is 750 g/mol. The van der Waals surface area contributed by atoms with E-state index < -0.39 is 0 Å². The summed E-state index contributed by atoms with van der Waals surface area (Å²) in [5, 5.41) is 20.1. The Morgan fingerprint density at radius 1 is 0.492 bits per heavy atom. The lowest BCUT2D eigenvalue weighted by Crippen LogP contribution is -2.14. The van der Waals surface area contributed by atoms with Crippen LogP contribution in [0, 0.1) is 17.9 Å². The summed E-state index contributed by atoms with van der Waals surface area (Å²) in [6.45, 7) is 13.2. The Kier molecular flexibility index (Phi) is 6.79. The SMILES string of the molecule is [C-]#[N+]c1cc(-n2c3ccc(-c4ccc5c(c4)-c4ccccc4C5(C)C)cc3c3c4ccccc4ccc32)c(C#N)cc1-n1c2ccccc2c2c3ccccc3ccc21. The minimum absolute atomic E-state index is 0.0607. The van der Waals surface area contributed by atoms with Crippen molar-refractivity contribution in [3.8, 4) is 39.7 Å². The molecule has 2 aromatic heterocycles. The maximum Gasteiger partial charge on any atom is 0.212 e. The molecule has 0 atom stereocenters. The lowest BCUT2D eigenvalue weighted by atomic mass is 9.82. The Balaban J connectivity index is 1.11. The van der Waals surface area contributed by atoms with Crippen LogP contribution in [-0.4, -0.2) is 9.13 Å². The van der Waals surface area contributed by atoms with Crippen LogP contribution < -0.4 is 0 Å². The second-order valence-corrected chi connectivity index (χ2v) is 16.3. The van der Waals surface area contributed by atoms with Crippen molar-refractivity contribution in [3.63, 3.8) is 0 Å². The van der Waals surface area contributed by atoms with Crippen molar-refractivity contribution in [3.05, 3.63) is 198 Å². The average Bonchev–Trinajstić information content (AvgIpc) is 3.88. The molecule has 11 aromatic rings. The summed E-state index contributed by atoms with van der Waals surface area (Å²) >= 11 is 0. The normalized spacial score (nSPS) is 13.0. The second-order valence-electron chi connectivity index (χ2n) is 16.3. The third-order valence-electron chi connectivity index (χ3n) is 12.9. The number of nitriles is 1. The van der Waals surface area contributed by atoms with Gasteiger partial charge >= 0.3 is 0 Å². The van der Waals surface area contributed by atoms with E-state index >= 15 is 0 Å². The molecule has 4 heteroatoms. The molecule has 274 valence electrons. The molecule has 0 N–H and O–H groups in total. The summed E-state index contributed by atoms with van der Waals surface area (Å²) in [6, 6.07) is 62.7. The zero-order valence-electron chi connectivity index (χ0n) is 32.5. The van der Waals surface area contributed by atoms with E-state index in [1.54, 1.807) is 0 Å². The molecular formula is C55H34N4. The first-order valence-corrected chi connectivity index (χ1v) is 20.0. The predicted molar refractivity (Wildman–Crippen MR) is 244 cm³/mol. The fourth-order valence-corrected chi connectivity index (χ4v) is 10.2. The molecule has 0 radical (unpaired) electrons. The molecule has 0 aliphatic heterocycles. The topological polar surface area (TPSA) is 38.0 Å². The highest BCUT2D eigenvalue weighted by atomic mass is 15.0. The Morgan fingerprint density at radius 2 is 1.05 bits per heavy atom. The molecule has 1 aliphatic rings. The van der Waals surface area contributed by atoms with E-state index in [2.05, 4.69) is 186 Å². The van der Waals surface area contributed by atoms with Crippen molar-refractivity contribution < 1.29 is 0 Å². The number of nitrogens with zero attached hydrogens (tertiary/aromatic N) is 4. The number of rotatable bonds is 3. The quantitative estimate of drug-likeness (QED) is 0.166. The summed E-state index contributed by atoms with van der Waals surface area (Å²) in [4.78, 5) is 4.17. The predicted octanol–water partition coefficient (Wildman–Crippen LogP) is 14.6. The van der Waals surface area contributed by atoms with Gasteiger partial charge < -0.3 is 9.13 Å². The first-order valence-electron chi connectivity index (χ1n) is 20.0. The standard InChI is InChI=1S/C55H34N4/c1-55(2)44-18-10-8-16-40(44)42-28-35(20-24-45(42)55)36-23-25-48-43(29-36)54-39-15-7-5-13-34(39)22-27-50(54)58(48)51-31-46(57-3)52(30-37(51)32-56)59-47-19-11-9-17-41(47)53-38-14-6-4-12-33(38)21-26-49(53)59/h4-31H,1-2H3. The van der Waals surface area contributed by atoms with Crippen LogP contribution in [0.3, 0.4) is 0 Å². The molecule has 1 aliphatic carbocycles. The zero-order valence-corrected chi connectivity index (χ0v) is 32.5. The van der Waals surface area contributed by atoms with E-state index in [9.17, 15) is 5.26 Å². The van der Waals surface area contributed by atoms with Crippen LogP contribution in [0.25, 0.3) is 104 Å². The minimum atomic E-state index is -0.0607. The van der Waals surface area contributed by atoms with Crippen LogP contribution in [0.4, 0.5) is 5.69 Å². The minimum Gasteiger partial charge on any atom is -0.319 e. The largest absolute Gasteiger partial charge is 0.319 e. The number of para-hydroxylation sites is 1. The van der Waals surface area contributed by atoms with Crippen LogP contribution in [-0.2, 0) is 5.41 Å². The van der Waals surface area contributed by atoms with Crippen molar-refractivity contribution in [1.82, 2.24) is 9.13 Å². The van der Waals surface area contributed by atoms with Crippen LogP contribution in [0.15, 0.2) is 170 Å². The Morgan fingerprint density at radius 3 is 1.78 bits per heavy atom. The number of hydrogen-bond acceptors (Lipinski definition) is 1. The van der Waals surface area contributed by atoms with Gasteiger partial charge in [-0.2, -0.15) is 5.26 Å². The van der Waals surface area contributed by atoms with Gasteiger partial charge in [0.05, 0.1) is 45.6 Å². The molecule has 4 nitrogen and oxygen atoms in total. The van der Waals surface area contributed by atoms with E-state index in [0.29, 0.717) is 22.6 Å². The molecule has 0 spiro atoms. The number of hydrogen-bond donors (Lipinski definition) is 0. The number of fused-ring (bicyclic) bond motifs is 13. The third kappa shape index (κ3) is 4.52. The molecule has 0 fully saturated rings. The summed E-state index contributed by atoms with van der Waals surface area (Å²) in [5.41, 5.74) is 13.9. The van der Waals surface area contributed by atoms with Gasteiger partial charge in [-0.05, 0) is 103 Å². The smallest absolute Gasteiger partial charge is 0.212 e. The molecule has 0 bridgehead atoms. The molecule has 2 heterocycles. The van der Waals surface area contributed by atoms with Gasteiger partial charge in [0.15, 0.2) is 0 Å². The third-order valence-corrected chi connectivity index (χ3v) is 12.9. The van der Waals surface area contributed by atoms with Gasteiger partial charge in [0.1, 0.15) is 6.07 Å². The van der Waals surface area contributed by atoms with Crippen molar-refractivity contribution in [1.29, 1.82) is 5.26 Å². The van der Waals surface area contributed by atoms with E-state index in [1.165, 1.54) is 22.3 Å². The van der Waals surface area contributed by atoms with Gasteiger partial charge in [-0.15, -0.1) is 0 Å². The van der Waals surface area contributed by atoms with Gasteiger partial charge in [-0.1, -0.05) is 135 Å². The van der Waals surface area contributed by atoms with Gasteiger partial charge in [0.25, 0.3) is 0 Å². The summed E-state index contributed by atoms with van der Waals surface area (Å²) in [7, 11) is 0. The summed E-state index contributed by atoms with van der Waals surface area (Å²) < 4.78 is 4.36. The van der Waals surface area contributed by atoms with E-state index in [1.807, 2.05) is 18.2 Å². The van der Waals surface area contributed by atoms with Crippen LogP contribution in [0.2, 0.25) is 0 Å². The molecule has 0 saturated carbocycles. The number of aromatic nitrogens is 2. The molecule has 0 amide bonds. The Labute approximate surface area is 340 Å². The summed E-state index contributed by atoms with van der Waals surface area (Å²) in [6.07, 6.45) is 0. The van der Waals surface area contributed by atoms with Crippen molar-refractivity contribution in [2.24, 2.45) is 0 Å². The molecule has 9 aromatic carbocycles. The van der Waals surface area contributed by atoms with Gasteiger partial charge in [-0.3, -0.25) is 0 Å². The lowest BCUT2D eigenvalue weighted by molar-refractivity contribution is 0.660. The Bertz CT molecular complexity index is 3730. The van der Waals surface area contributed by atoms with Crippen LogP contribution in [0.5, 0.6) is 0 Å². The fourth-order valence-electron chi connectivity index (χ4n) is 10.2. The van der Waals surface area contributed by atoms with Crippen molar-refractivity contribution in [2.45, 2.75) is 19.3 Å². The first kappa shape index (κ1) is 33.2. The summed E-state index contributed by atoms with van der Waals surface area (Å²) in [5.74, 6) is 0. The fraction of sp³-hybridized carbons (Fsp3) is 0.0545. The molecule has 0 unspecified atom stereocenters. The van der Waals surface area contributed by atoms with E-state index in [4.69, 9.17) is 6.57 Å². The second kappa shape index (κ2) is 12.0. The maximum absolute atomic E-state index is 11.0. The maximum atomic E-state index is 11.0. The van der Waals surface area contributed by atoms with Gasteiger partial charge in [-0.25, -0.2) is 4.85 Å². The highest BCUT2D eigenvalue weighted by molar-refractivity contribution is 6.23. The zero-order chi connectivity index (χ0) is 39.6. The molecule has 59 heavy (non-hydrogen) atoms. The van der Waals surface area contributed by atoms with Gasteiger partial charge in [0, 0.05) is 27.0 Å². The lowest BCUT2D eigenvalue weighted by Gasteiger charge is -2.21.